The molecule has 0 spiro atoms. The zero-order valence-corrected chi connectivity index (χ0v) is 12.8. The molecule has 0 saturated heterocycles. The summed E-state index contributed by atoms with van der Waals surface area (Å²) in [6.07, 6.45) is 1.06. The smallest absolute Gasteiger partial charge is 0.335 e. The highest BCUT2D eigenvalue weighted by atomic mass is 35.5. The largest absolute Gasteiger partial charge is 0.478 e. The van der Waals surface area contributed by atoms with Gasteiger partial charge in [0.1, 0.15) is 0 Å². The number of hydrogen-bond donors (Lipinski definition) is 2. The molecule has 2 aromatic rings. The summed E-state index contributed by atoms with van der Waals surface area (Å²) in [5.41, 5.74) is 4.01. The molecule has 0 aliphatic heterocycles. The summed E-state index contributed by atoms with van der Waals surface area (Å²) in [7, 11) is 0. The number of carboxylic acids is 1. The van der Waals surface area contributed by atoms with Gasteiger partial charge in [-0.1, -0.05) is 43.3 Å². The first-order valence-electron chi connectivity index (χ1n) is 6.80. The van der Waals surface area contributed by atoms with Crippen LogP contribution in [0.25, 0.3) is 0 Å². The average Bonchev–Trinajstić information content (AvgIpc) is 2.48. The van der Waals surface area contributed by atoms with Gasteiger partial charge in [0.2, 0.25) is 0 Å². The van der Waals surface area contributed by atoms with Crippen molar-refractivity contribution in [1.82, 2.24) is 5.32 Å². The summed E-state index contributed by atoms with van der Waals surface area (Å²) in [5, 5.41) is 12.2. The van der Waals surface area contributed by atoms with Crippen molar-refractivity contribution in [2.45, 2.75) is 26.4 Å². The molecule has 0 saturated carbocycles. The topological polar surface area (TPSA) is 49.3 Å². The second-order valence-corrected chi connectivity index (χ2v) is 4.78. The fraction of sp³-hybridized carbons (Fsp3) is 0.235. The van der Waals surface area contributed by atoms with Crippen LogP contribution in [0.15, 0.2) is 48.5 Å². The van der Waals surface area contributed by atoms with E-state index in [9.17, 15) is 4.79 Å². The first-order valence-corrected chi connectivity index (χ1v) is 6.80. The summed E-state index contributed by atoms with van der Waals surface area (Å²) < 4.78 is 0. The lowest BCUT2D eigenvalue weighted by Crippen LogP contribution is -2.12. The van der Waals surface area contributed by atoms with Crippen molar-refractivity contribution in [2.75, 3.05) is 0 Å². The number of rotatable bonds is 6. The summed E-state index contributed by atoms with van der Waals surface area (Å²) in [4.78, 5) is 10.7. The maximum Gasteiger partial charge on any atom is 0.335 e. The van der Waals surface area contributed by atoms with Gasteiger partial charge >= 0.3 is 5.97 Å². The summed E-state index contributed by atoms with van der Waals surface area (Å²) in [5.74, 6) is -0.888. The Hall–Kier alpha value is -1.84. The van der Waals surface area contributed by atoms with Crippen molar-refractivity contribution >= 4 is 18.4 Å². The molecule has 0 aliphatic carbocycles. The second-order valence-electron chi connectivity index (χ2n) is 4.78. The van der Waals surface area contributed by atoms with Crippen LogP contribution in [0.2, 0.25) is 0 Å². The molecule has 0 atom stereocenters. The van der Waals surface area contributed by atoms with Crippen LogP contribution >= 0.6 is 12.4 Å². The van der Waals surface area contributed by atoms with Crippen LogP contribution in [0.5, 0.6) is 0 Å². The Morgan fingerprint density at radius 2 is 1.33 bits per heavy atom. The van der Waals surface area contributed by atoms with Gasteiger partial charge < -0.3 is 10.4 Å². The van der Waals surface area contributed by atoms with E-state index in [1.54, 1.807) is 12.1 Å². The monoisotopic (exact) mass is 305 g/mol. The molecule has 0 aliphatic rings. The van der Waals surface area contributed by atoms with Crippen LogP contribution in [0.1, 0.15) is 34.0 Å². The number of halogens is 1. The highest BCUT2D eigenvalue weighted by Crippen LogP contribution is 2.07. The zero-order valence-electron chi connectivity index (χ0n) is 12.0. The van der Waals surface area contributed by atoms with Crippen molar-refractivity contribution in [3.8, 4) is 0 Å². The molecule has 0 unspecified atom stereocenters. The Morgan fingerprint density at radius 3 is 1.76 bits per heavy atom. The molecular formula is C17H20ClNO2. The summed E-state index contributed by atoms with van der Waals surface area (Å²) in [6.45, 7) is 3.69. The number of benzene rings is 2. The molecule has 112 valence electrons. The molecule has 21 heavy (non-hydrogen) atoms. The quantitative estimate of drug-likeness (QED) is 0.856. The van der Waals surface area contributed by atoms with E-state index in [1.807, 2.05) is 12.1 Å². The van der Waals surface area contributed by atoms with Crippen molar-refractivity contribution in [1.29, 1.82) is 0 Å². The maximum absolute atomic E-state index is 10.7. The molecule has 0 aromatic heterocycles. The molecule has 0 amide bonds. The SMILES string of the molecule is CCc1ccc(CNCc2ccc(C(=O)O)cc2)cc1.Cl. The Bertz CT molecular complexity index is 564. The minimum Gasteiger partial charge on any atom is -0.478 e. The van der Waals surface area contributed by atoms with Gasteiger partial charge in [0, 0.05) is 13.1 Å². The zero-order chi connectivity index (χ0) is 14.4. The van der Waals surface area contributed by atoms with E-state index in [0.29, 0.717) is 5.56 Å². The lowest BCUT2D eigenvalue weighted by atomic mass is 10.1. The van der Waals surface area contributed by atoms with Crippen LogP contribution < -0.4 is 5.32 Å². The minimum atomic E-state index is -0.888. The summed E-state index contributed by atoms with van der Waals surface area (Å²) >= 11 is 0. The van der Waals surface area contributed by atoms with Crippen molar-refractivity contribution < 1.29 is 9.90 Å². The van der Waals surface area contributed by atoms with Gasteiger partial charge in [0.25, 0.3) is 0 Å². The van der Waals surface area contributed by atoms with E-state index in [1.165, 1.54) is 11.1 Å². The number of carboxylic acid groups (broad SMARTS) is 1. The van der Waals surface area contributed by atoms with Gasteiger partial charge in [-0.05, 0) is 35.2 Å². The lowest BCUT2D eigenvalue weighted by molar-refractivity contribution is 0.0697. The standard InChI is InChI=1S/C17H19NO2.ClH/c1-2-13-3-5-14(6-4-13)11-18-12-15-7-9-16(10-8-15)17(19)20;/h3-10,18H,2,11-12H2,1H3,(H,19,20);1H. The third-order valence-corrected chi connectivity index (χ3v) is 3.29. The molecule has 4 heteroatoms. The molecule has 0 radical (unpaired) electrons. The van der Waals surface area contributed by atoms with Crippen LogP contribution in [-0.2, 0) is 19.5 Å². The van der Waals surface area contributed by atoms with E-state index in [4.69, 9.17) is 5.11 Å². The Labute approximate surface area is 131 Å². The van der Waals surface area contributed by atoms with Crippen LogP contribution in [0, 0.1) is 0 Å². The third kappa shape index (κ3) is 5.21. The predicted molar refractivity (Wildman–Crippen MR) is 87.0 cm³/mol. The highest BCUT2D eigenvalue weighted by Gasteiger charge is 2.01. The van der Waals surface area contributed by atoms with Crippen molar-refractivity contribution in [3.05, 3.63) is 70.8 Å². The Balaban J connectivity index is 0.00000220. The first kappa shape index (κ1) is 17.2. The first-order chi connectivity index (χ1) is 9.69. The van der Waals surface area contributed by atoms with Crippen molar-refractivity contribution in [3.63, 3.8) is 0 Å². The third-order valence-electron chi connectivity index (χ3n) is 3.29. The minimum absolute atomic E-state index is 0. The van der Waals surface area contributed by atoms with E-state index in [2.05, 4.69) is 36.5 Å². The number of carbonyl (C=O) groups is 1. The normalized spacial score (nSPS) is 9.95. The molecule has 0 heterocycles. The van der Waals surface area contributed by atoms with Gasteiger partial charge in [-0.3, -0.25) is 0 Å². The molecule has 2 aromatic carbocycles. The highest BCUT2D eigenvalue weighted by molar-refractivity contribution is 5.87. The number of aromatic carboxylic acids is 1. The van der Waals surface area contributed by atoms with E-state index >= 15 is 0 Å². The number of nitrogens with one attached hydrogen (secondary N) is 1. The van der Waals surface area contributed by atoms with E-state index < -0.39 is 5.97 Å². The number of hydrogen-bond acceptors (Lipinski definition) is 2. The van der Waals surface area contributed by atoms with Gasteiger partial charge in [0.05, 0.1) is 5.56 Å². The van der Waals surface area contributed by atoms with Crippen LogP contribution in [0.4, 0.5) is 0 Å². The van der Waals surface area contributed by atoms with Gasteiger partial charge in [-0.2, -0.15) is 0 Å². The van der Waals surface area contributed by atoms with E-state index in [0.717, 1.165) is 25.1 Å². The molecule has 2 N–H and O–H groups in total. The Kier molecular flexibility index (Phi) is 6.92. The van der Waals surface area contributed by atoms with Gasteiger partial charge in [-0.25, -0.2) is 4.79 Å². The fourth-order valence-corrected chi connectivity index (χ4v) is 2.01. The van der Waals surface area contributed by atoms with E-state index in [-0.39, 0.29) is 12.4 Å². The van der Waals surface area contributed by atoms with Crippen molar-refractivity contribution in [2.24, 2.45) is 0 Å². The number of aryl methyl sites for hydroxylation is 1. The molecule has 0 bridgehead atoms. The Morgan fingerprint density at radius 1 is 0.905 bits per heavy atom. The summed E-state index contributed by atoms with van der Waals surface area (Å²) in [6, 6.07) is 15.5. The maximum atomic E-state index is 10.7. The molecule has 2 rings (SSSR count). The van der Waals surface area contributed by atoms with Crippen LogP contribution in [0.3, 0.4) is 0 Å². The van der Waals surface area contributed by atoms with Crippen LogP contribution in [-0.4, -0.2) is 11.1 Å². The molecular weight excluding hydrogens is 286 g/mol. The van der Waals surface area contributed by atoms with Gasteiger partial charge in [-0.15, -0.1) is 12.4 Å². The van der Waals surface area contributed by atoms with Gasteiger partial charge in [0.15, 0.2) is 0 Å². The average molecular weight is 306 g/mol. The lowest BCUT2D eigenvalue weighted by Gasteiger charge is -2.06. The molecule has 3 nitrogen and oxygen atoms in total. The fourth-order valence-electron chi connectivity index (χ4n) is 2.01. The second kappa shape index (κ2) is 8.45. The predicted octanol–water partition coefficient (Wildman–Crippen LogP) is 3.66. The molecule has 0 fully saturated rings.